The van der Waals surface area contributed by atoms with Gasteiger partial charge in [-0.3, -0.25) is 0 Å². The van der Waals surface area contributed by atoms with E-state index in [1.54, 1.807) is 6.07 Å². The summed E-state index contributed by atoms with van der Waals surface area (Å²) in [5.41, 5.74) is -0.551. The molecule has 0 saturated heterocycles. The Labute approximate surface area is 112 Å². The van der Waals surface area contributed by atoms with Gasteiger partial charge < -0.3 is 15.2 Å². The summed E-state index contributed by atoms with van der Waals surface area (Å²) < 4.78 is 4.52. The van der Waals surface area contributed by atoms with Gasteiger partial charge in [-0.05, 0) is 31.5 Å². The Balaban J connectivity index is 2.61. The van der Waals surface area contributed by atoms with Crippen LogP contribution < -0.4 is 5.32 Å². The number of nitrogens with one attached hydrogen (secondary N) is 1. The van der Waals surface area contributed by atoms with Gasteiger partial charge in [0.15, 0.2) is 5.60 Å². The fraction of sp³-hybridized carbons (Fsp3) is 0.462. The fourth-order valence-corrected chi connectivity index (χ4v) is 1.74. The molecule has 2 atom stereocenters. The molecule has 4 nitrogen and oxygen atoms in total. The van der Waals surface area contributed by atoms with E-state index in [1.807, 2.05) is 25.1 Å². The zero-order valence-corrected chi connectivity index (χ0v) is 11.5. The van der Waals surface area contributed by atoms with Crippen molar-refractivity contribution in [2.45, 2.75) is 25.5 Å². The molecule has 0 aliphatic rings. The van der Waals surface area contributed by atoms with E-state index in [1.165, 1.54) is 14.0 Å². The van der Waals surface area contributed by atoms with Gasteiger partial charge >= 0.3 is 5.97 Å². The topological polar surface area (TPSA) is 58.6 Å². The average molecular weight is 272 g/mol. The van der Waals surface area contributed by atoms with Crippen molar-refractivity contribution in [3.63, 3.8) is 0 Å². The normalized spacial score (nSPS) is 15.8. The number of esters is 1. The van der Waals surface area contributed by atoms with Gasteiger partial charge in [0.05, 0.1) is 7.11 Å². The van der Waals surface area contributed by atoms with E-state index in [4.69, 9.17) is 11.6 Å². The van der Waals surface area contributed by atoms with Gasteiger partial charge in [-0.2, -0.15) is 0 Å². The van der Waals surface area contributed by atoms with Crippen LogP contribution in [0.2, 0.25) is 5.02 Å². The Morgan fingerprint density at radius 1 is 1.61 bits per heavy atom. The number of carbonyl (C=O) groups is 1. The highest BCUT2D eigenvalue weighted by Crippen LogP contribution is 2.18. The van der Waals surface area contributed by atoms with Gasteiger partial charge in [0, 0.05) is 17.6 Å². The highest BCUT2D eigenvalue weighted by atomic mass is 35.5. The average Bonchev–Trinajstić information content (AvgIpc) is 2.35. The Hall–Kier alpha value is -1.10. The summed E-state index contributed by atoms with van der Waals surface area (Å²) in [5.74, 6) is -0.659. The quantitative estimate of drug-likeness (QED) is 0.804. The molecule has 2 N–H and O–H groups in total. The van der Waals surface area contributed by atoms with Crippen molar-refractivity contribution in [2.75, 3.05) is 13.7 Å². The molecular formula is C13H18ClNO3. The first-order chi connectivity index (χ1) is 8.36. The van der Waals surface area contributed by atoms with Crippen LogP contribution in [0.25, 0.3) is 0 Å². The van der Waals surface area contributed by atoms with Crippen LogP contribution >= 0.6 is 11.6 Å². The minimum Gasteiger partial charge on any atom is -0.467 e. The highest BCUT2D eigenvalue weighted by Gasteiger charge is 2.31. The third-order valence-corrected chi connectivity index (χ3v) is 2.96. The Bertz CT molecular complexity index is 420. The van der Waals surface area contributed by atoms with Crippen LogP contribution in [0.15, 0.2) is 24.3 Å². The van der Waals surface area contributed by atoms with Crippen molar-refractivity contribution >= 4 is 17.6 Å². The zero-order chi connectivity index (χ0) is 13.8. The number of hydrogen-bond donors (Lipinski definition) is 2. The molecule has 100 valence electrons. The third-order valence-electron chi connectivity index (χ3n) is 2.73. The molecule has 1 unspecified atom stereocenters. The van der Waals surface area contributed by atoms with Crippen molar-refractivity contribution in [1.82, 2.24) is 5.32 Å². The zero-order valence-electron chi connectivity index (χ0n) is 10.7. The lowest BCUT2D eigenvalue weighted by Crippen LogP contribution is -2.46. The Kier molecular flexibility index (Phi) is 5.14. The maximum absolute atomic E-state index is 11.3. The van der Waals surface area contributed by atoms with Gasteiger partial charge in [-0.15, -0.1) is 0 Å². The number of aliphatic hydroxyl groups is 1. The Morgan fingerprint density at radius 3 is 2.83 bits per heavy atom. The Morgan fingerprint density at radius 2 is 2.28 bits per heavy atom. The number of carbonyl (C=O) groups excluding carboxylic acids is 1. The van der Waals surface area contributed by atoms with Crippen LogP contribution in [0.1, 0.15) is 25.5 Å². The SMILES string of the molecule is COC(=O)C(C)(O)CN[C@H](C)c1cccc(Cl)c1. The molecule has 0 aliphatic heterocycles. The predicted octanol–water partition coefficient (Wildman–Crippen LogP) is 1.91. The minimum atomic E-state index is -1.54. The van der Waals surface area contributed by atoms with E-state index in [0.29, 0.717) is 5.02 Å². The molecule has 0 amide bonds. The molecule has 18 heavy (non-hydrogen) atoms. The summed E-state index contributed by atoms with van der Waals surface area (Å²) in [6.07, 6.45) is 0. The summed E-state index contributed by atoms with van der Waals surface area (Å²) in [7, 11) is 1.25. The van der Waals surface area contributed by atoms with Crippen molar-refractivity contribution in [1.29, 1.82) is 0 Å². The summed E-state index contributed by atoms with van der Waals surface area (Å²) in [6.45, 7) is 3.45. The van der Waals surface area contributed by atoms with Crippen molar-refractivity contribution in [2.24, 2.45) is 0 Å². The van der Waals surface area contributed by atoms with Gasteiger partial charge in [-0.1, -0.05) is 23.7 Å². The molecule has 0 bridgehead atoms. The van der Waals surface area contributed by atoms with E-state index >= 15 is 0 Å². The maximum atomic E-state index is 11.3. The van der Waals surface area contributed by atoms with E-state index in [0.717, 1.165) is 5.56 Å². The molecule has 5 heteroatoms. The second-order valence-electron chi connectivity index (χ2n) is 4.42. The van der Waals surface area contributed by atoms with Crippen LogP contribution in [0.5, 0.6) is 0 Å². The van der Waals surface area contributed by atoms with Gasteiger partial charge in [0.1, 0.15) is 0 Å². The molecule has 0 fully saturated rings. The highest BCUT2D eigenvalue weighted by molar-refractivity contribution is 6.30. The van der Waals surface area contributed by atoms with Crippen LogP contribution in [0.3, 0.4) is 0 Å². The number of benzene rings is 1. The van der Waals surface area contributed by atoms with Crippen molar-refractivity contribution in [3.05, 3.63) is 34.9 Å². The van der Waals surface area contributed by atoms with Gasteiger partial charge in [-0.25, -0.2) is 4.79 Å². The summed E-state index contributed by atoms with van der Waals surface area (Å²) in [4.78, 5) is 11.3. The van der Waals surface area contributed by atoms with Crippen LogP contribution in [0.4, 0.5) is 0 Å². The standard InChI is InChI=1S/C13H18ClNO3/c1-9(10-5-4-6-11(14)7-10)15-8-13(2,17)12(16)18-3/h4-7,9,15,17H,8H2,1-3H3/t9-,13?/m1/s1. The molecule has 0 spiro atoms. The van der Waals surface area contributed by atoms with Crippen LogP contribution in [0, 0.1) is 0 Å². The lowest BCUT2D eigenvalue weighted by Gasteiger charge is -2.23. The largest absolute Gasteiger partial charge is 0.467 e. The second-order valence-corrected chi connectivity index (χ2v) is 4.86. The monoisotopic (exact) mass is 271 g/mol. The fourth-order valence-electron chi connectivity index (χ4n) is 1.54. The summed E-state index contributed by atoms with van der Waals surface area (Å²) in [6, 6.07) is 7.39. The minimum absolute atomic E-state index is 0.0279. The molecule has 0 heterocycles. The number of methoxy groups -OCH3 is 1. The molecule has 0 radical (unpaired) electrons. The van der Waals surface area contributed by atoms with E-state index in [9.17, 15) is 9.90 Å². The lowest BCUT2D eigenvalue weighted by atomic mass is 10.0. The first-order valence-corrected chi connectivity index (χ1v) is 6.04. The molecule has 1 aromatic carbocycles. The number of rotatable bonds is 5. The smallest absolute Gasteiger partial charge is 0.338 e. The number of halogens is 1. The van der Waals surface area contributed by atoms with Gasteiger partial charge in [0.2, 0.25) is 0 Å². The molecule has 1 aromatic rings. The lowest BCUT2D eigenvalue weighted by molar-refractivity contribution is -0.160. The maximum Gasteiger partial charge on any atom is 0.338 e. The number of ether oxygens (including phenoxy) is 1. The van der Waals surface area contributed by atoms with E-state index < -0.39 is 11.6 Å². The van der Waals surface area contributed by atoms with E-state index in [2.05, 4.69) is 10.1 Å². The first kappa shape index (κ1) is 15.0. The van der Waals surface area contributed by atoms with E-state index in [-0.39, 0.29) is 12.6 Å². The molecular weight excluding hydrogens is 254 g/mol. The van der Waals surface area contributed by atoms with Crippen LogP contribution in [-0.4, -0.2) is 30.3 Å². The third kappa shape index (κ3) is 3.98. The van der Waals surface area contributed by atoms with Crippen molar-refractivity contribution < 1.29 is 14.6 Å². The summed E-state index contributed by atoms with van der Waals surface area (Å²) in [5, 5.41) is 13.6. The van der Waals surface area contributed by atoms with Crippen molar-refractivity contribution in [3.8, 4) is 0 Å². The molecule has 0 aliphatic carbocycles. The summed E-state index contributed by atoms with van der Waals surface area (Å²) >= 11 is 5.90. The predicted molar refractivity (Wildman–Crippen MR) is 70.5 cm³/mol. The first-order valence-electron chi connectivity index (χ1n) is 5.66. The number of hydrogen-bond acceptors (Lipinski definition) is 4. The van der Waals surface area contributed by atoms with Crippen LogP contribution in [-0.2, 0) is 9.53 Å². The molecule has 1 rings (SSSR count). The molecule has 0 saturated carbocycles. The van der Waals surface area contributed by atoms with Gasteiger partial charge in [0.25, 0.3) is 0 Å². The molecule has 0 aromatic heterocycles. The second kappa shape index (κ2) is 6.18.